The summed E-state index contributed by atoms with van der Waals surface area (Å²) in [6.45, 7) is 5.79. The highest BCUT2D eigenvalue weighted by Crippen LogP contribution is 2.28. The molecule has 3 heterocycles. The summed E-state index contributed by atoms with van der Waals surface area (Å²) in [6, 6.07) is 17.2. The van der Waals surface area contributed by atoms with Gasteiger partial charge in [-0.2, -0.15) is 5.10 Å². The van der Waals surface area contributed by atoms with E-state index in [-0.39, 0.29) is 5.92 Å². The van der Waals surface area contributed by atoms with Gasteiger partial charge in [0, 0.05) is 5.39 Å². The lowest BCUT2D eigenvalue weighted by atomic mass is 10.0. The molecule has 0 spiro atoms. The Morgan fingerprint density at radius 1 is 0.971 bits per heavy atom. The Labute approximate surface area is 202 Å². The molecule has 0 radical (unpaired) electrons. The number of pyridine rings is 1. The Kier molecular flexibility index (Phi) is 5.64. The number of hydrogen-bond donors (Lipinski definition) is 1. The number of nitrogens with one attached hydrogen (secondary N) is 1. The van der Waals surface area contributed by atoms with Crippen molar-refractivity contribution in [2.24, 2.45) is 5.92 Å². The van der Waals surface area contributed by atoms with Gasteiger partial charge in [-0.25, -0.2) is 9.67 Å². The zero-order valence-corrected chi connectivity index (χ0v) is 19.7. The summed E-state index contributed by atoms with van der Waals surface area (Å²) in [5, 5.41) is 8.28. The minimum Gasteiger partial charge on any atom is -0.323 e. The van der Waals surface area contributed by atoms with E-state index in [1.807, 2.05) is 57.2 Å². The molecule has 1 N–H and O–H groups in total. The Hall–Kier alpha value is -4.33. The van der Waals surface area contributed by atoms with Crippen LogP contribution in [-0.2, 0) is 4.79 Å². The van der Waals surface area contributed by atoms with Gasteiger partial charge in [-0.15, -0.1) is 0 Å². The van der Waals surface area contributed by atoms with Crippen LogP contribution in [0.1, 0.15) is 46.7 Å². The number of nitrogens with zero attached hydrogens (tertiary/aromatic N) is 4. The molecule has 2 aromatic heterocycles. The summed E-state index contributed by atoms with van der Waals surface area (Å²) in [5.41, 5.74) is 3.45. The van der Waals surface area contributed by atoms with Crippen molar-refractivity contribution < 1.29 is 14.4 Å². The molecule has 1 unspecified atom stereocenters. The predicted molar refractivity (Wildman–Crippen MR) is 132 cm³/mol. The number of amides is 3. The largest absolute Gasteiger partial charge is 0.323 e. The number of fused-ring (bicyclic) bond motifs is 2. The average Bonchev–Trinajstić information content (AvgIpc) is 3.31. The molecule has 4 aromatic rings. The molecule has 0 bridgehead atoms. The number of anilines is 1. The van der Waals surface area contributed by atoms with E-state index in [9.17, 15) is 14.4 Å². The third kappa shape index (κ3) is 3.97. The Bertz CT molecular complexity index is 1420. The van der Waals surface area contributed by atoms with Gasteiger partial charge in [-0.05, 0) is 49.6 Å². The number of aromatic nitrogens is 3. The minimum absolute atomic E-state index is 0.0852. The van der Waals surface area contributed by atoms with Gasteiger partial charge in [-0.3, -0.25) is 19.3 Å². The highest BCUT2D eigenvalue weighted by molar-refractivity contribution is 6.23. The van der Waals surface area contributed by atoms with Crippen LogP contribution in [0.25, 0.3) is 16.7 Å². The molecule has 0 saturated heterocycles. The molecule has 8 nitrogen and oxygen atoms in total. The number of para-hydroxylation sites is 1. The molecule has 0 aliphatic carbocycles. The third-order valence-electron chi connectivity index (χ3n) is 6.11. The Balaban J connectivity index is 1.45. The fourth-order valence-electron chi connectivity index (χ4n) is 4.45. The summed E-state index contributed by atoms with van der Waals surface area (Å²) >= 11 is 0. The lowest BCUT2D eigenvalue weighted by molar-refractivity contribution is -0.120. The Morgan fingerprint density at radius 3 is 2.23 bits per heavy atom. The summed E-state index contributed by atoms with van der Waals surface area (Å²) in [5.74, 6) is -1.23. The van der Waals surface area contributed by atoms with Gasteiger partial charge in [0.2, 0.25) is 5.91 Å². The fraction of sp³-hybridized carbons (Fsp3) is 0.222. The molecule has 3 amide bonds. The third-order valence-corrected chi connectivity index (χ3v) is 6.11. The van der Waals surface area contributed by atoms with Gasteiger partial charge < -0.3 is 5.32 Å². The van der Waals surface area contributed by atoms with Crippen LogP contribution in [0.4, 0.5) is 5.69 Å². The number of aryl methyl sites for hydroxylation is 1. The van der Waals surface area contributed by atoms with Crippen LogP contribution in [0.3, 0.4) is 0 Å². The molecular formula is C27H25N5O3. The second-order valence-electron chi connectivity index (χ2n) is 9.09. The highest BCUT2D eigenvalue weighted by Gasteiger charge is 2.42. The van der Waals surface area contributed by atoms with Crippen molar-refractivity contribution in [2.45, 2.75) is 33.2 Å². The lowest BCUT2D eigenvalue weighted by Crippen LogP contribution is -2.47. The molecule has 8 heteroatoms. The maximum Gasteiger partial charge on any atom is 0.262 e. The molecule has 176 valence electrons. The van der Waals surface area contributed by atoms with Crippen LogP contribution in [0, 0.1) is 12.8 Å². The van der Waals surface area contributed by atoms with Crippen LogP contribution in [-0.4, -0.2) is 43.4 Å². The topological polar surface area (TPSA) is 97.2 Å². The van der Waals surface area contributed by atoms with Crippen LogP contribution in [0.2, 0.25) is 0 Å². The molecule has 35 heavy (non-hydrogen) atoms. The summed E-state index contributed by atoms with van der Waals surface area (Å²) in [6.07, 6.45) is 1.91. The van der Waals surface area contributed by atoms with Crippen LogP contribution < -0.4 is 5.32 Å². The van der Waals surface area contributed by atoms with E-state index in [1.165, 1.54) is 0 Å². The van der Waals surface area contributed by atoms with Crippen LogP contribution >= 0.6 is 0 Å². The molecule has 1 aliphatic rings. The first-order valence-corrected chi connectivity index (χ1v) is 11.5. The number of carbonyl (C=O) groups is 3. The molecule has 0 saturated carbocycles. The van der Waals surface area contributed by atoms with Gasteiger partial charge in [0.25, 0.3) is 11.8 Å². The van der Waals surface area contributed by atoms with Crippen molar-refractivity contribution in [3.05, 3.63) is 83.7 Å². The number of rotatable bonds is 6. The SMILES string of the molecule is Cc1nn(-c2ccccc2)c2ncc(NC(=O)C(CC(C)C)N3C(=O)c4ccccc4C3=O)cc12. The predicted octanol–water partition coefficient (Wildman–Crippen LogP) is 4.38. The van der Waals surface area contributed by atoms with Crippen molar-refractivity contribution in [3.63, 3.8) is 0 Å². The standard InChI is InChI=1S/C27H25N5O3/c1-16(2)13-23(31-26(34)20-11-7-8-12-21(20)27(31)35)25(33)29-18-14-22-17(3)30-32(24(22)28-15-18)19-9-5-4-6-10-19/h4-12,14-16,23H,13H2,1-3H3,(H,29,33). The van der Waals surface area contributed by atoms with E-state index < -0.39 is 23.8 Å². The normalized spacial score (nSPS) is 14.0. The molecule has 2 aromatic carbocycles. The summed E-state index contributed by atoms with van der Waals surface area (Å²) in [7, 11) is 0. The monoisotopic (exact) mass is 467 g/mol. The molecule has 5 rings (SSSR count). The summed E-state index contributed by atoms with van der Waals surface area (Å²) < 4.78 is 1.76. The van der Waals surface area contributed by atoms with Crippen LogP contribution in [0.15, 0.2) is 66.9 Å². The number of hydrogen-bond acceptors (Lipinski definition) is 5. The van der Waals surface area contributed by atoms with Gasteiger partial charge in [-0.1, -0.05) is 44.2 Å². The lowest BCUT2D eigenvalue weighted by Gasteiger charge is -2.26. The molecule has 1 atom stereocenters. The average molecular weight is 468 g/mol. The molecular weight excluding hydrogens is 442 g/mol. The first-order valence-electron chi connectivity index (χ1n) is 11.5. The zero-order chi connectivity index (χ0) is 24.7. The number of imide groups is 1. The molecule has 1 aliphatic heterocycles. The van der Waals surface area contributed by atoms with Crippen molar-refractivity contribution in [1.29, 1.82) is 0 Å². The van der Waals surface area contributed by atoms with Gasteiger partial charge in [0.15, 0.2) is 5.65 Å². The fourth-order valence-corrected chi connectivity index (χ4v) is 4.45. The van der Waals surface area contributed by atoms with E-state index in [1.54, 1.807) is 35.1 Å². The maximum absolute atomic E-state index is 13.4. The van der Waals surface area contributed by atoms with Gasteiger partial charge >= 0.3 is 0 Å². The van der Waals surface area contributed by atoms with E-state index in [0.717, 1.165) is 21.7 Å². The van der Waals surface area contributed by atoms with Crippen molar-refractivity contribution in [3.8, 4) is 5.69 Å². The van der Waals surface area contributed by atoms with Gasteiger partial charge in [0.05, 0.1) is 34.4 Å². The van der Waals surface area contributed by atoms with E-state index >= 15 is 0 Å². The smallest absolute Gasteiger partial charge is 0.262 e. The van der Waals surface area contributed by atoms with E-state index in [2.05, 4.69) is 15.4 Å². The van der Waals surface area contributed by atoms with Crippen molar-refractivity contribution in [1.82, 2.24) is 19.7 Å². The Morgan fingerprint density at radius 2 is 1.60 bits per heavy atom. The quantitative estimate of drug-likeness (QED) is 0.425. The first kappa shape index (κ1) is 22.5. The minimum atomic E-state index is -0.939. The van der Waals surface area contributed by atoms with E-state index in [4.69, 9.17) is 0 Å². The second-order valence-corrected chi connectivity index (χ2v) is 9.09. The van der Waals surface area contributed by atoms with E-state index in [0.29, 0.717) is 28.9 Å². The zero-order valence-electron chi connectivity index (χ0n) is 19.7. The molecule has 0 fully saturated rings. The number of benzene rings is 2. The second kappa shape index (κ2) is 8.79. The first-order chi connectivity index (χ1) is 16.8. The van der Waals surface area contributed by atoms with Crippen LogP contribution in [0.5, 0.6) is 0 Å². The number of carbonyl (C=O) groups excluding carboxylic acids is 3. The van der Waals surface area contributed by atoms with Crippen molar-refractivity contribution >= 4 is 34.4 Å². The van der Waals surface area contributed by atoms with Crippen molar-refractivity contribution in [2.75, 3.05) is 5.32 Å². The van der Waals surface area contributed by atoms with Gasteiger partial charge in [0.1, 0.15) is 6.04 Å². The maximum atomic E-state index is 13.4. The highest BCUT2D eigenvalue weighted by atomic mass is 16.2. The summed E-state index contributed by atoms with van der Waals surface area (Å²) in [4.78, 5) is 45.1.